The molecule has 0 radical (unpaired) electrons. The third-order valence-corrected chi connectivity index (χ3v) is 3.66. The van der Waals surface area contributed by atoms with E-state index < -0.39 is 0 Å². The van der Waals surface area contributed by atoms with Crippen molar-refractivity contribution >= 4 is 6.03 Å². The van der Waals surface area contributed by atoms with Crippen LogP contribution in [0.5, 0.6) is 0 Å². The molecule has 0 bridgehead atoms. The highest BCUT2D eigenvalue weighted by molar-refractivity contribution is 5.74. The molecule has 20 heavy (non-hydrogen) atoms. The molecule has 1 saturated heterocycles. The molecule has 1 fully saturated rings. The summed E-state index contributed by atoms with van der Waals surface area (Å²) < 4.78 is 0. The highest BCUT2D eigenvalue weighted by atomic mass is 16.2. The molecular formula is C16H21N3O. The van der Waals surface area contributed by atoms with E-state index in [1.54, 1.807) is 6.07 Å². The number of benzene rings is 1. The summed E-state index contributed by atoms with van der Waals surface area (Å²) in [5.74, 6) is 1.12. The van der Waals surface area contributed by atoms with E-state index in [-0.39, 0.29) is 6.03 Å². The number of piperidine rings is 1. The summed E-state index contributed by atoms with van der Waals surface area (Å²) in [5, 5.41) is 11.8. The molecule has 2 amide bonds. The van der Waals surface area contributed by atoms with E-state index in [0.29, 0.717) is 23.9 Å². The highest BCUT2D eigenvalue weighted by Crippen LogP contribution is 2.20. The number of nitriles is 1. The van der Waals surface area contributed by atoms with Gasteiger partial charge in [0.2, 0.25) is 0 Å². The molecule has 0 saturated carbocycles. The quantitative estimate of drug-likeness (QED) is 0.899. The lowest BCUT2D eigenvalue weighted by molar-refractivity contribution is 0.146. The third-order valence-electron chi connectivity index (χ3n) is 3.66. The Morgan fingerprint density at radius 2 is 2.10 bits per heavy atom. The first-order valence-corrected chi connectivity index (χ1v) is 7.10. The first-order chi connectivity index (χ1) is 9.58. The summed E-state index contributed by atoms with van der Waals surface area (Å²) in [4.78, 5) is 14.1. The summed E-state index contributed by atoms with van der Waals surface area (Å²) in [6.45, 7) is 6.50. The van der Waals surface area contributed by atoms with Gasteiger partial charge in [-0.25, -0.2) is 4.79 Å². The number of likely N-dealkylation sites (tertiary alicyclic amines) is 1. The number of hydrogen-bond acceptors (Lipinski definition) is 2. The van der Waals surface area contributed by atoms with Crippen LogP contribution in [0.25, 0.3) is 0 Å². The molecular weight excluding hydrogens is 250 g/mol. The number of rotatable bonds is 2. The molecule has 1 heterocycles. The van der Waals surface area contributed by atoms with Gasteiger partial charge in [-0.15, -0.1) is 0 Å². The Morgan fingerprint density at radius 3 is 2.75 bits per heavy atom. The first kappa shape index (κ1) is 14.4. The third kappa shape index (κ3) is 3.74. The normalized spacial score (nSPS) is 22.1. The van der Waals surface area contributed by atoms with Crippen LogP contribution in [0.15, 0.2) is 24.3 Å². The van der Waals surface area contributed by atoms with Crippen LogP contribution < -0.4 is 5.32 Å². The predicted octanol–water partition coefficient (Wildman–Crippen LogP) is 2.75. The molecule has 4 nitrogen and oxygen atoms in total. The van der Waals surface area contributed by atoms with Crippen molar-refractivity contribution in [1.82, 2.24) is 10.2 Å². The van der Waals surface area contributed by atoms with Crippen LogP contribution in [-0.2, 0) is 6.54 Å². The number of hydrogen-bond donors (Lipinski definition) is 1. The summed E-state index contributed by atoms with van der Waals surface area (Å²) in [5.41, 5.74) is 1.58. The molecule has 1 aliphatic rings. The number of nitrogens with one attached hydrogen (secondary N) is 1. The molecule has 1 aliphatic heterocycles. The molecule has 2 atom stereocenters. The maximum absolute atomic E-state index is 12.2. The maximum Gasteiger partial charge on any atom is 0.317 e. The van der Waals surface area contributed by atoms with Gasteiger partial charge in [0.1, 0.15) is 0 Å². The van der Waals surface area contributed by atoms with E-state index in [1.165, 1.54) is 6.42 Å². The van der Waals surface area contributed by atoms with Gasteiger partial charge in [0.05, 0.1) is 11.6 Å². The van der Waals surface area contributed by atoms with Crippen molar-refractivity contribution in [2.24, 2.45) is 11.8 Å². The van der Waals surface area contributed by atoms with E-state index in [2.05, 4.69) is 25.2 Å². The second-order valence-corrected chi connectivity index (χ2v) is 5.82. The summed E-state index contributed by atoms with van der Waals surface area (Å²) in [7, 11) is 0. The van der Waals surface area contributed by atoms with Gasteiger partial charge in [0.25, 0.3) is 0 Å². The van der Waals surface area contributed by atoms with Crippen molar-refractivity contribution in [2.45, 2.75) is 26.8 Å². The number of carbonyl (C=O) groups excluding carboxylic acids is 1. The van der Waals surface area contributed by atoms with Crippen molar-refractivity contribution in [1.29, 1.82) is 5.26 Å². The molecule has 4 heteroatoms. The Labute approximate surface area is 120 Å². The van der Waals surface area contributed by atoms with Crippen molar-refractivity contribution in [2.75, 3.05) is 13.1 Å². The average molecular weight is 271 g/mol. The molecule has 2 unspecified atom stereocenters. The van der Waals surface area contributed by atoms with Gasteiger partial charge in [-0.3, -0.25) is 0 Å². The van der Waals surface area contributed by atoms with Crippen molar-refractivity contribution in [3.63, 3.8) is 0 Å². The van der Waals surface area contributed by atoms with E-state index >= 15 is 0 Å². The van der Waals surface area contributed by atoms with Gasteiger partial charge in [-0.05, 0) is 36.0 Å². The zero-order chi connectivity index (χ0) is 14.5. The minimum Gasteiger partial charge on any atom is -0.334 e. The lowest BCUT2D eigenvalue weighted by Crippen LogP contribution is -2.47. The lowest BCUT2D eigenvalue weighted by atomic mass is 9.92. The van der Waals surface area contributed by atoms with E-state index in [9.17, 15) is 4.79 Å². The first-order valence-electron chi connectivity index (χ1n) is 7.10. The van der Waals surface area contributed by atoms with Gasteiger partial charge in [0, 0.05) is 19.6 Å². The Balaban J connectivity index is 1.90. The summed E-state index contributed by atoms with van der Waals surface area (Å²) in [6.07, 6.45) is 1.19. The molecule has 106 valence electrons. The lowest BCUT2D eigenvalue weighted by Gasteiger charge is -2.34. The Hall–Kier alpha value is -2.02. The number of urea groups is 1. The largest absolute Gasteiger partial charge is 0.334 e. The molecule has 1 aromatic carbocycles. The molecule has 2 rings (SSSR count). The fraction of sp³-hybridized carbons (Fsp3) is 0.500. The zero-order valence-electron chi connectivity index (χ0n) is 12.1. The van der Waals surface area contributed by atoms with Gasteiger partial charge in [-0.1, -0.05) is 26.0 Å². The SMILES string of the molecule is CC1CC(C)CN(C(=O)NCc2cccc(C#N)c2)C1. The van der Waals surface area contributed by atoms with Crippen LogP contribution >= 0.6 is 0 Å². The van der Waals surface area contributed by atoms with Gasteiger partial charge >= 0.3 is 6.03 Å². The number of nitrogens with zero attached hydrogens (tertiary/aromatic N) is 2. The van der Waals surface area contributed by atoms with Gasteiger partial charge in [-0.2, -0.15) is 5.26 Å². The summed E-state index contributed by atoms with van der Waals surface area (Å²) in [6, 6.07) is 9.43. The molecule has 0 aromatic heterocycles. The average Bonchev–Trinajstić information content (AvgIpc) is 2.44. The second-order valence-electron chi connectivity index (χ2n) is 5.82. The smallest absolute Gasteiger partial charge is 0.317 e. The monoisotopic (exact) mass is 271 g/mol. The highest BCUT2D eigenvalue weighted by Gasteiger charge is 2.24. The van der Waals surface area contributed by atoms with Crippen LogP contribution in [0.2, 0.25) is 0 Å². The van der Waals surface area contributed by atoms with E-state index in [1.807, 2.05) is 23.1 Å². The fourth-order valence-corrected chi connectivity index (χ4v) is 2.87. The number of amides is 2. The Morgan fingerprint density at radius 1 is 1.40 bits per heavy atom. The molecule has 1 N–H and O–H groups in total. The second kappa shape index (κ2) is 6.42. The standard InChI is InChI=1S/C16H21N3O/c1-12-6-13(2)11-19(10-12)16(20)18-9-15-5-3-4-14(7-15)8-17/h3-5,7,12-13H,6,9-11H2,1-2H3,(H,18,20). The predicted molar refractivity (Wildman–Crippen MR) is 77.9 cm³/mol. The van der Waals surface area contributed by atoms with Crippen molar-refractivity contribution in [3.8, 4) is 6.07 Å². The van der Waals surface area contributed by atoms with Crippen molar-refractivity contribution < 1.29 is 4.79 Å². The minimum atomic E-state index is -0.00855. The molecule has 1 aromatic rings. The van der Waals surface area contributed by atoms with E-state index in [0.717, 1.165) is 18.7 Å². The van der Waals surface area contributed by atoms with Crippen molar-refractivity contribution in [3.05, 3.63) is 35.4 Å². The Bertz CT molecular complexity index is 511. The summed E-state index contributed by atoms with van der Waals surface area (Å²) >= 11 is 0. The van der Waals surface area contributed by atoms with Gasteiger partial charge in [0.15, 0.2) is 0 Å². The van der Waals surface area contributed by atoms with Crippen LogP contribution in [0.4, 0.5) is 4.79 Å². The molecule has 0 aliphatic carbocycles. The van der Waals surface area contributed by atoms with Crippen LogP contribution in [0.1, 0.15) is 31.4 Å². The minimum absolute atomic E-state index is 0.00855. The Kier molecular flexibility index (Phi) is 4.62. The van der Waals surface area contributed by atoms with Gasteiger partial charge < -0.3 is 10.2 Å². The zero-order valence-corrected chi connectivity index (χ0v) is 12.1. The van der Waals surface area contributed by atoms with Crippen LogP contribution in [-0.4, -0.2) is 24.0 Å². The maximum atomic E-state index is 12.2. The van der Waals surface area contributed by atoms with Crippen LogP contribution in [0, 0.1) is 23.2 Å². The van der Waals surface area contributed by atoms with E-state index in [4.69, 9.17) is 5.26 Å². The topological polar surface area (TPSA) is 56.1 Å². The molecule has 0 spiro atoms. The van der Waals surface area contributed by atoms with Crippen LogP contribution in [0.3, 0.4) is 0 Å². The number of carbonyl (C=O) groups is 1. The fourth-order valence-electron chi connectivity index (χ4n) is 2.87.